The molecule has 0 aromatic heterocycles. The molecule has 1 aliphatic rings. The summed E-state index contributed by atoms with van der Waals surface area (Å²) < 4.78 is 17.9. The molecule has 10 nitrogen and oxygen atoms in total. The number of methoxy groups -OCH3 is 1. The van der Waals surface area contributed by atoms with E-state index in [1.165, 1.54) is 25.3 Å². The lowest BCUT2D eigenvalue weighted by molar-refractivity contribution is -0.122. The molecule has 13 heteroatoms. The Kier molecular flexibility index (Phi) is 10.3. The molecule has 1 fully saturated rings. The van der Waals surface area contributed by atoms with Crippen LogP contribution in [0.15, 0.2) is 69.1 Å². The average molecular weight is 722 g/mol. The Balaban J connectivity index is 1.62. The predicted molar refractivity (Wildman–Crippen MR) is 165 cm³/mol. The minimum absolute atomic E-state index is 0.169. The quantitative estimate of drug-likeness (QED) is 0.185. The number of urea groups is 1. The maximum atomic E-state index is 13.5. The first kappa shape index (κ1) is 31.1. The van der Waals surface area contributed by atoms with E-state index in [4.69, 9.17) is 25.8 Å². The summed E-state index contributed by atoms with van der Waals surface area (Å²) in [6.07, 6.45) is 2.06. The van der Waals surface area contributed by atoms with Gasteiger partial charge in [-0.2, -0.15) is 0 Å². The maximum absolute atomic E-state index is 13.5. The molecule has 218 valence electrons. The van der Waals surface area contributed by atoms with E-state index in [2.05, 4.69) is 42.5 Å². The molecule has 0 saturated carbocycles. The fourth-order valence-corrected chi connectivity index (χ4v) is 5.38. The fraction of sp³-hybridized carbons (Fsp3) is 0.172. The van der Waals surface area contributed by atoms with Gasteiger partial charge in [-0.05, 0) is 77.0 Å². The summed E-state index contributed by atoms with van der Waals surface area (Å²) in [4.78, 5) is 52.5. The Morgan fingerprint density at radius 1 is 1.02 bits per heavy atom. The molecule has 2 N–H and O–H groups in total. The summed E-state index contributed by atoms with van der Waals surface area (Å²) in [5.74, 6) is -1.25. The van der Waals surface area contributed by atoms with Crippen LogP contribution in [-0.2, 0) is 14.4 Å². The van der Waals surface area contributed by atoms with Crippen LogP contribution in [0.25, 0.3) is 6.08 Å². The van der Waals surface area contributed by atoms with E-state index >= 15 is 0 Å². The van der Waals surface area contributed by atoms with Crippen molar-refractivity contribution in [1.29, 1.82) is 0 Å². The number of anilines is 2. The van der Waals surface area contributed by atoms with Gasteiger partial charge in [-0.3, -0.25) is 19.7 Å². The lowest BCUT2D eigenvalue weighted by Gasteiger charge is -2.27. The first-order chi connectivity index (χ1) is 20.1. The van der Waals surface area contributed by atoms with Crippen LogP contribution < -0.4 is 29.7 Å². The molecule has 1 saturated heterocycles. The van der Waals surface area contributed by atoms with Crippen molar-refractivity contribution >= 4 is 84.7 Å². The third-order valence-corrected chi connectivity index (χ3v) is 7.08. The molecule has 42 heavy (non-hydrogen) atoms. The molecule has 1 heterocycles. The Morgan fingerprint density at radius 3 is 2.45 bits per heavy atom. The van der Waals surface area contributed by atoms with Crippen LogP contribution in [0.4, 0.5) is 16.2 Å². The van der Waals surface area contributed by atoms with E-state index in [1.807, 2.05) is 6.92 Å². The number of nitrogens with one attached hydrogen (secondary N) is 2. The smallest absolute Gasteiger partial charge is 0.335 e. The highest BCUT2D eigenvalue weighted by molar-refractivity contribution is 9.11. The Hall–Kier alpha value is -3.87. The van der Waals surface area contributed by atoms with E-state index in [-0.39, 0.29) is 23.6 Å². The molecular weight excluding hydrogens is 698 g/mol. The van der Waals surface area contributed by atoms with E-state index in [1.54, 1.807) is 42.5 Å². The second kappa shape index (κ2) is 13.9. The monoisotopic (exact) mass is 719 g/mol. The van der Waals surface area contributed by atoms with Crippen LogP contribution in [0.2, 0.25) is 5.02 Å². The van der Waals surface area contributed by atoms with Crippen LogP contribution >= 0.6 is 43.5 Å². The zero-order chi connectivity index (χ0) is 30.4. The third-order valence-electron chi connectivity index (χ3n) is 5.78. The normalized spacial score (nSPS) is 14.1. The van der Waals surface area contributed by atoms with Crippen LogP contribution in [0.1, 0.15) is 18.9 Å². The van der Waals surface area contributed by atoms with Crippen molar-refractivity contribution in [3.05, 3.63) is 79.7 Å². The summed E-state index contributed by atoms with van der Waals surface area (Å²) in [5.41, 5.74) is 0.660. The van der Waals surface area contributed by atoms with Crippen molar-refractivity contribution in [3.8, 4) is 17.2 Å². The Bertz CT molecular complexity index is 1580. The van der Waals surface area contributed by atoms with Gasteiger partial charge in [0.1, 0.15) is 11.3 Å². The SMILES string of the molecule is CCCOc1ccc(N2C(=O)NC(=O)/C(=C/c3cc(Br)cc(Br)c3OCC(=O)Nc3ccc(Cl)cc3)C2=O)cc1OC. The molecule has 0 radical (unpaired) electrons. The van der Waals surface area contributed by atoms with Gasteiger partial charge in [0.25, 0.3) is 17.7 Å². The second-order valence-electron chi connectivity index (χ2n) is 8.79. The van der Waals surface area contributed by atoms with Crippen molar-refractivity contribution in [2.45, 2.75) is 13.3 Å². The molecule has 4 rings (SSSR count). The summed E-state index contributed by atoms with van der Waals surface area (Å²) in [5, 5.41) is 5.42. The van der Waals surface area contributed by atoms with E-state index in [9.17, 15) is 19.2 Å². The van der Waals surface area contributed by atoms with Crippen molar-refractivity contribution in [1.82, 2.24) is 5.32 Å². The topological polar surface area (TPSA) is 123 Å². The molecule has 1 aliphatic heterocycles. The largest absolute Gasteiger partial charge is 0.493 e. The standard InChI is InChI=1S/C29H24Br2ClN3O7/c1-3-10-41-23-9-8-20(14-24(23)40-2)35-28(38)21(27(37)34-29(35)39)12-16-11-17(30)13-22(31)26(16)42-15-25(36)33-19-6-4-18(32)5-7-19/h4-9,11-14H,3,10,15H2,1-2H3,(H,33,36)(H,34,37,39)/b21-12-. The number of halogens is 3. The minimum Gasteiger partial charge on any atom is -0.493 e. The highest BCUT2D eigenvalue weighted by atomic mass is 79.9. The van der Waals surface area contributed by atoms with Gasteiger partial charge in [-0.1, -0.05) is 34.5 Å². The van der Waals surface area contributed by atoms with Crippen molar-refractivity contribution in [3.63, 3.8) is 0 Å². The number of hydrogen-bond donors (Lipinski definition) is 2. The van der Waals surface area contributed by atoms with Crippen molar-refractivity contribution < 1.29 is 33.4 Å². The minimum atomic E-state index is -0.919. The maximum Gasteiger partial charge on any atom is 0.335 e. The highest BCUT2D eigenvalue weighted by Crippen LogP contribution is 2.36. The van der Waals surface area contributed by atoms with Gasteiger partial charge in [0, 0.05) is 26.8 Å². The number of hydrogen-bond acceptors (Lipinski definition) is 7. The van der Waals surface area contributed by atoms with Gasteiger partial charge in [-0.25, -0.2) is 9.69 Å². The molecular formula is C29H24Br2ClN3O7. The van der Waals surface area contributed by atoms with Gasteiger partial charge in [0.2, 0.25) is 0 Å². The molecule has 0 aliphatic carbocycles. The molecule has 0 atom stereocenters. The average Bonchev–Trinajstić information content (AvgIpc) is 2.95. The number of rotatable bonds is 10. The number of barbiturate groups is 1. The van der Waals surface area contributed by atoms with Gasteiger partial charge < -0.3 is 19.5 Å². The molecule has 0 spiro atoms. The van der Waals surface area contributed by atoms with E-state index in [0.29, 0.717) is 43.3 Å². The fourth-order valence-electron chi connectivity index (χ4n) is 3.88. The number of imide groups is 2. The van der Waals surface area contributed by atoms with Crippen LogP contribution in [0.5, 0.6) is 17.2 Å². The molecule has 3 aromatic carbocycles. The summed E-state index contributed by atoms with van der Waals surface area (Å²) in [6, 6.07) is 13.5. The summed E-state index contributed by atoms with van der Waals surface area (Å²) in [6.45, 7) is 2.03. The van der Waals surface area contributed by atoms with Gasteiger partial charge >= 0.3 is 6.03 Å². The van der Waals surface area contributed by atoms with E-state index in [0.717, 1.165) is 11.3 Å². The van der Waals surface area contributed by atoms with Gasteiger partial charge in [0.05, 0.1) is 23.9 Å². The number of carbonyl (C=O) groups is 4. The molecule has 0 bridgehead atoms. The lowest BCUT2D eigenvalue weighted by Crippen LogP contribution is -2.54. The van der Waals surface area contributed by atoms with Gasteiger partial charge in [-0.15, -0.1) is 0 Å². The van der Waals surface area contributed by atoms with Gasteiger partial charge in [0.15, 0.2) is 18.1 Å². The molecule has 5 amide bonds. The first-order valence-electron chi connectivity index (χ1n) is 12.5. The van der Waals surface area contributed by atoms with Crippen LogP contribution in [0.3, 0.4) is 0 Å². The second-order valence-corrected chi connectivity index (χ2v) is 11.0. The van der Waals surface area contributed by atoms with Crippen molar-refractivity contribution in [2.75, 3.05) is 30.5 Å². The lowest BCUT2D eigenvalue weighted by atomic mass is 10.1. The zero-order valence-electron chi connectivity index (χ0n) is 22.3. The number of nitrogens with zero attached hydrogens (tertiary/aromatic N) is 1. The third kappa shape index (κ3) is 7.30. The first-order valence-corrected chi connectivity index (χ1v) is 14.5. The number of benzene rings is 3. The number of amides is 5. The molecule has 3 aromatic rings. The number of carbonyl (C=O) groups excluding carboxylic acids is 4. The van der Waals surface area contributed by atoms with Crippen LogP contribution in [0, 0.1) is 0 Å². The van der Waals surface area contributed by atoms with Crippen molar-refractivity contribution in [2.24, 2.45) is 0 Å². The number of ether oxygens (including phenoxy) is 3. The predicted octanol–water partition coefficient (Wildman–Crippen LogP) is 6.35. The highest BCUT2D eigenvalue weighted by Gasteiger charge is 2.37. The summed E-state index contributed by atoms with van der Waals surface area (Å²) >= 11 is 12.7. The zero-order valence-corrected chi connectivity index (χ0v) is 26.3. The summed E-state index contributed by atoms with van der Waals surface area (Å²) in [7, 11) is 1.44. The van der Waals surface area contributed by atoms with Crippen LogP contribution in [-0.4, -0.2) is 44.1 Å². The van der Waals surface area contributed by atoms with E-state index < -0.39 is 23.8 Å². The Morgan fingerprint density at radius 2 is 1.76 bits per heavy atom. The Labute approximate surface area is 263 Å². The molecule has 0 unspecified atom stereocenters.